The summed E-state index contributed by atoms with van der Waals surface area (Å²) in [5.74, 6) is 1.83. The van der Waals surface area contributed by atoms with E-state index in [0.717, 1.165) is 44.0 Å². The molecule has 5 heteroatoms. The van der Waals surface area contributed by atoms with E-state index in [0.29, 0.717) is 17.6 Å². The lowest BCUT2D eigenvalue weighted by molar-refractivity contribution is 0.657. The summed E-state index contributed by atoms with van der Waals surface area (Å²) >= 11 is 0. The fraction of sp³-hybridized carbons (Fsp3) is 0.0556. The lowest BCUT2D eigenvalue weighted by Gasteiger charge is -2.26. The SMILES string of the molecule is CC1(C)c2ccccc2-c2cc(-c3ccccc3)cc(-n3c4ccccc4c4ccc5c6ccccc6n(-c6nc(-c7ccccc7)nc(-c7ccccc7)n6)c5c43)c21. The number of aromatic nitrogens is 5. The molecular formula is C54H37N5. The van der Waals surface area contributed by atoms with Crippen LogP contribution >= 0.6 is 0 Å². The van der Waals surface area contributed by atoms with Gasteiger partial charge in [-0.15, -0.1) is 0 Å². The van der Waals surface area contributed by atoms with Crippen molar-refractivity contribution in [1.29, 1.82) is 0 Å². The third-order valence-electron chi connectivity index (χ3n) is 12.3. The Morgan fingerprint density at radius 2 is 0.881 bits per heavy atom. The quantitative estimate of drug-likeness (QED) is 0.176. The molecule has 0 radical (unpaired) electrons. The van der Waals surface area contributed by atoms with Gasteiger partial charge in [0.15, 0.2) is 11.6 Å². The Kier molecular flexibility index (Phi) is 7.20. The first-order valence-electron chi connectivity index (χ1n) is 20.2. The number of rotatable bonds is 5. The second-order valence-electron chi connectivity index (χ2n) is 16.0. The fourth-order valence-electron chi connectivity index (χ4n) is 9.72. The number of hydrogen-bond donors (Lipinski definition) is 0. The molecule has 11 aromatic rings. The molecule has 0 saturated carbocycles. The number of benzene rings is 8. The normalized spacial score (nSPS) is 13.1. The highest BCUT2D eigenvalue weighted by atomic mass is 15.2. The summed E-state index contributed by atoms with van der Waals surface area (Å²) in [6, 6.07) is 67.1. The zero-order valence-corrected chi connectivity index (χ0v) is 32.6. The Bertz CT molecular complexity index is 3390. The molecule has 5 nitrogen and oxygen atoms in total. The lowest BCUT2D eigenvalue weighted by Crippen LogP contribution is -2.18. The summed E-state index contributed by atoms with van der Waals surface area (Å²) in [7, 11) is 0. The van der Waals surface area contributed by atoms with Gasteiger partial charge >= 0.3 is 0 Å². The smallest absolute Gasteiger partial charge is 0.238 e. The van der Waals surface area contributed by atoms with E-state index in [1.165, 1.54) is 49.8 Å². The van der Waals surface area contributed by atoms with Crippen molar-refractivity contribution in [2.75, 3.05) is 0 Å². The monoisotopic (exact) mass is 755 g/mol. The molecule has 1 aliphatic carbocycles. The molecule has 12 rings (SSSR count). The number of hydrogen-bond acceptors (Lipinski definition) is 3. The van der Waals surface area contributed by atoms with Crippen LogP contribution in [0.1, 0.15) is 25.0 Å². The van der Waals surface area contributed by atoms with Crippen LogP contribution in [-0.4, -0.2) is 24.1 Å². The predicted molar refractivity (Wildman–Crippen MR) is 242 cm³/mol. The molecule has 278 valence electrons. The van der Waals surface area contributed by atoms with Crippen molar-refractivity contribution >= 4 is 43.6 Å². The van der Waals surface area contributed by atoms with E-state index in [1.807, 2.05) is 36.4 Å². The summed E-state index contributed by atoms with van der Waals surface area (Å²) in [6.45, 7) is 4.76. The minimum absolute atomic E-state index is 0.266. The van der Waals surface area contributed by atoms with Crippen molar-refractivity contribution in [2.45, 2.75) is 19.3 Å². The largest absolute Gasteiger partial charge is 0.307 e. The van der Waals surface area contributed by atoms with Gasteiger partial charge < -0.3 is 4.57 Å². The highest BCUT2D eigenvalue weighted by molar-refractivity contribution is 6.24. The zero-order valence-electron chi connectivity index (χ0n) is 32.6. The fourth-order valence-corrected chi connectivity index (χ4v) is 9.72. The van der Waals surface area contributed by atoms with E-state index in [4.69, 9.17) is 15.0 Å². The molecular weight excluding hydrogens is 719 g/mol. The van der Waals surface area contributed by atoms with Crippen molar-refractivity contribution in [3.05, 3.63) is 199 Å². The summed E-state index contributed by atoms with van der Waals surface area (Å²) in [5, 5.41) is 4.64. The van der Waals surface area contributed by atoms with E-state index in [-0.39, 0.29) is 5.41 Å². The van der Waals surface area contributed by atoms with Crippen LogP contribution in [0.2, 0.25) is 0 Å². The van der Waals surface area contributed by atoms with E-state index in [2.05, 4.69) is 175 Å². The molecule has 0 aliphatic heterocycles. The molecule has 0 atom stereocenters. The van der Waals surface area contributed by atoms with Crippen molar-refractivity contribution in [3.63, 3.8) is 0 Å². The van der Waals surface area contributed by atoms with Crippen LogP contribution < -0.4 is 0 Å². The van der Waals surface area contributed by atoms with Crippen LogP contribution in [0.5, 0.6) is 0 Å². The van der Waals surface area contributed by atoms with Gasteiger partial charge in [0.1, 0.15) is 0 Å². The number of nitrogens with zero attached hydrogens (tertiary/aromatic N) is 5. The molecule has 0 amide bonds. The van der Waals surface area contributed by atoms with Gasteiger partial charge in [0.05, 0.1) is 27.8 Å². The van der Waals surface area contributed by atoms with Crippen LogP contribution in [0.25, 0.3) is 100 Å². The van der Waals surface area contributed by atoms with Crippen molar-refractivity contribution < 1.29 is 0 Å². The van der Waals surface area contributed by atoms with Gasteiger partial charge in [-0.1, -0.05) is 178 Å². The average molecular weight is 756 g/mol. The van der Waals surface area contributed by atoms with Crippen molar-refractivity contribution in [1.82, 2.24) is 24.1 Å². The first-order valence-corrected chi connectivity index (χ1v) is 20.2. The van der Waals surface area contributed by atoms with Crippen molar-refractivity contribution in [3.8, 4) is 56.7 Å². The van der Waals surface area contributed by atoms with E-state index >= 15 is 0 Å². The molecule has 0 bridgehead atoms. The van der Waals surface area contributed by atoms with Gasteiger partial charge in [0.2, 0.25) is 5.95 Å². The van der Waals surface area contributed by atoms with E-state index in [1.54, 1.807) is 0 Å². The van der Waals surface area contributed by atoms with Gasteiger partial charge in [0, 0.05) is 38.1 Å². The molecule has 3 heterocycles. The van der Waals surface area contributed by atoms with E-state index in [9.17, 15) is 0 Å². The van der Waals surface area contributed by atoms with Gasteiger partial charge in [-0.2, -0.15) is 9.97 Å². The van der Waals surface area contributed by atoms with Crippen LogP contribution in [0.3, 0.4) is 0 Å². The van der Waals surface area contributed by atoms with Gasteiger partial charge in [0.25, 0.3) is 0 Å². The summed E-state index contributed by atoms with van der Waals surface area (Å²) < 4.78 is 4.82. The Morgan fingerprint density at radius 3 is 1.49 bits per heavy atom. The minimum Gasteiger partial charge on any atom is -0.307 e. The van der Waals surface area contributed by atoms with Crippen molar-refractivity contribution in [2.24, 2.45) is 0 Å². The standard InChI is InChI=1S/C54H37N5/c1-54(2)44-27-15-12-24-38(44)43-32-37(34-18-6-3-7-19-34)33-47(48(43)54)58-45-28-16-13-25-39(45)41-30-31-42-40-26-14-17-29-46(40)59(50(42)49(41)58)53-56-51(35-20-8-4-9-21-35)55-52(57-53)36-22-10-5-11-23-36/h3-33H,1-2H3. The lowest BCUT2D eigenvalue weighted by atomic mass is 9.81. The average Bonchev–Trinajstić information content (AvgIpc) is 3.90. The maximum Gasteiger partial charge on any atom is 0.238 e. The van der Waals surface area contributed by atoms with E-state index < -0.39 is 0 Å². The first-order chi connectivity index (χ1) is 29.0. The number of para-hydroxylation sites is 2. The molecule has 59 heavy (non-hydrogen) atoms. The molecule has 0 unspecified atom stereocenters. The first kappa shape index (κ1) is 33.5. The molecule has 0 N–H and O–H groups in total. The Balaban J connectivity index is 1.27. The highest BCUT2D eigenvalue weighted by Crippen LogP contribution is 2.53. The maximum atomic E-state index is 5.33. The summed E-state index contributed by atoms with van der Waals surface area (Å²) in [4.78, 5) is 15.7. The third kappa shape index (κ3) is 4.95. The van der Waals surface area contributed by atoms with Crippen LogP contribution in [-0.2, 0) is 5.41 Å². The van der Waals surface area contributed by atoms with Gasteiger partial charge in [-0.3, -0.25) is 4.57 Å². The minimum atomic E-state index is -0.266. The third-order valence-corrected chi connectivity index (χ3v) is 12.3. The zero-order chi connectivity index (χ0) is 39.2. The van der Waals surface area contributed by atoms with Crippen LogP contribution in [0, 0.1) is 0 Å². The molecule has 8 aromatic carbocycles. The van der Waals surface area contributed by atoms with Gasteiger partial charge in [-0.05, 0) is 57.6 Å². The maximum absolute atomic E-state index is 5.33. The van der Waals surface area contributed by atoms with Gasteiger partial charge in [-0.25, -0.2) is 4.98 Å². The molecule has 0 saturated heterocycles. The predicted octanol–water partition coefficient (Wildman–Crippen LogP) is 13.4. The van der Waals surface area contributed by atoms with Crippen LogP contribution in [0.4, 0.5) is 0 Å². The number of fused-ring (bicyclic) bond motifs is 10. The Hall–Kier alpha value is -7.63. The highest BCUT2D eigenvalue weighted by Gasteiger charge is 2.39. The summed E-state index contributed by atoms with van der Waals surface area (Å²) in [5.41, 5.74) is 14.7. The Morgan fingerprint density at radius 1 is 0.390 bits per heavy atom. The summed E-state index contributed by atoms with van der Waals surface area (Å²) in [6.07, 6.45) is 0. The molecule has 1 aliphatic rings. The second-order valence-corrected chi connectivity index (χ2v) is 16.0. The molecule has 0 spiro atoms. The molecule has 0 fully saturated rings. The topological polar surface area (TPSA) is 48.5 Å². The van der Waals surface area contributed by atoms with Crippen LogP contribution in [0.15, 0.2) is 188 Å². The second kappa shape index (κ2) is 12.7. The molecule has 3 aromatic heterocycles. The Labute approximate surface area is 341 Å².